The summed E-state index contributed by atoms with van der Waals surface area (Å²) in [6.45, 7) is 3.65. The van der Waals surface area contributed by atoms with Crippen LogP contribution in [0.2, 0.25) is 0 Å². The van der Waals surface area contributed by atoms with E-state index in [0.717, 1.165) is 16.9 Å². The average molecular weight is 284 g/mol. The molecule has 2 aromatic rings. The summed E-state index contributed by atoms with van der Waals surface area (Å²) in [6, 6.07) is 16.9. The van der Waals surface area contributed by atoms with Gasteiger partial charge in [-0.1, -0.05) is 30.3 Å². The number of carbonyl (C=O) groups is 1. The van der Waals surface area contributed by atoms with E-state index in [4.69, 9.17) is 0 Å². The number of aliphatic hydroxyl groups is 1. The Morgan fingerprint density at radius 3 is 2.19 bits per heavy atom. The fraction of sp³-hybridized carbons (Fsp3) is 0.235. The standard InChI is InChI=1S/C17H20N2O2/c1-13(20)19-16-10-8-15(9-11-16)18-12-17(2,21)14-6-4-3-5-7-14/h3-11,18,21H,12H2,1-2H3,(H,19,20). The first-order valence-corrected chi connectivity index (χ1v) is 6.87. The van der Waals surface area contributed by atoms with Crippen LogP contribution in [0.4, 0.5) is 11.4 Å². The van der Waals surface area contributed by atoms with E-state index < -0.39 is 5.60 Å². The van der Waals surface area contributed by atoms with Gasteiger partial charge in [-0.05, 0) is 36.8 Å². The summed E-state index contributed by atoms with van der Waals surface area (Å²) in [6.07, 6.45) is 0. The Morgan fingerprint density at radius 1 is 1.05 bits per heavy atom. The van der Waals surface area contributed by atoms with Crippen molar-refractivity contribution < 1.29 is 9.90 Å². The molecule has 0 aliphatic heterocycles. The second-order valence-corrected chi connectivity index (χ2v) is 5.25. The highest BCUT2D eigenvalue weighted by molar-refractivity contribution is 5.88. The van der Waals surface area contributed by atoms with E-state index >= 15 is 0 Å². The summed E-state index contributed by atoms with van der Waals surface area (Å²) < 4.78 is 0. The molecule has 0 radical (unpaired) electrons. The second-order valence-electron chi connectivity index (χ2n) is 5.25. The van der Waals surface area contributed by atoms with Gasteiger partial charge in [-0.15, -0.1) is 0 Å². The highest BCUT2D eigenvalue weighted by atomic mass is 16.3. The molecule has 1 atom stereocenters. The summed E-state index contributed by atoms with van der Waals surface area (Å²) in [4.78, 5) is 11.0. The Labute approximate surface area is 124 Å². The first-order chi connectivity index (χ1) is 9.97. The quantitative estimate of drug-likeness (QED) is 0.791. The Hall–Kier alpha value is -2.33. The van der Waals surface area contributed by atoms with E-state index in [2.05, 4.69) is 10.6 Å². The van der Waals surface area contributed by atoms with Crippen LogP contribution in [0.3, 0.4) is 0 Å². The fourth-order valence-electron chi connectivity index (χ4n) is 2.05. The summed E-state index contributed by atoms with van der Waals surface area (Å²) in [5.74, 6) is -0.0947. The Bertz CT molecular complexity index is 592. The molecule has 0 aliphatic carbocycles. The van der Waals surface area contributed by atoms with Crippen molar-refractivity contribution in [3.05, 3.63) is 60.2 Å². The van der Waals surface area contributed by atoms with E-state index in [1.807, 2.05) is 54.6 Å². The lowest BCUT2D eigenvalue weighted by atomic mass is 9.96. The van der Waals surface area contributed by atoms with Crippen LogP contribution in [0.5, 0.6) is 0 Å². The van der Waals surface area contributed by atoms with Crippen LogP contribution in [-0.4, -0.2) is 17.6 Å². The van der Waals surface area contributed by atoms with Gasteiger partial charge in [0.05, 0.1) is 0 Å². The smallest absolute Gasteiger partial charge is 0.221 e. The number of nitrogens with one attached hydrogen (secondary N) is 2. The minimum atomic E-state index is -0.947. The van der Waals surface area contributed by atoms with Crippen LogP contribution in [0.1, 0.15) is 19.4 Å². The summed E-state index contributed by atoms with van der Waals surface area (Å²) in [5.41, 5.74) is 1.56. The maximum Gasteiger partial charge on any atom is 0.221 e. The Balaban J connectivity index is 1.98. The van der Waals surface area contributed by atoms with Gasteiger partial charge in [0, 0.05) is 24.8 Å². The molecule has 0 spiro atoms. The zero-order valence-electron chi connectivity index (χ0n) is 12.3. The highest BCUT2D eigenvalue weighted by Crippen LogP contribution is 2.21. The van der Waals surface area contributed by atoms with Gasteiger partial charge in [0.15, 0.2) is 0 Å². The summed E-state index contributed by atoms with van der Waals surface area (Å²) in [7, 11) is 0. The molecule has 0 saturated heterocycles. The van der Waals surface area contributed by atoms with Gasteiger partial charge in [0.2, 0.25) is 5.91 Å². The predicted octanol–water partition coefficient (Wildman–Crippen LogP) is 2.96. The first-order valence-electron chi connectivity index (χ1n) is 6.87. The third kappa shape index (κ3) is 4.33. The lowest BCUT2D eigenvalue weighted by Crippen LogP contribution is -2.30. The molecule has 2 rings (SSSR count). The summed E-state index contributed by atoms with van der Waals surface area (Å²) in [5, 5.41) is 16.4. The first kappa shape index (κ1) is 15.1. The number of hydrogen-bond donors (Lipinski definition) is 3. The van der Waals surface area contributed by atoms with E-state index in [-0.39, 0.29) is 5.91 Å². The monoisotopic (exact) mass is 284 g/mol. The molecule has 3 N–H and O–H groups in total. The molecule has 0 bridgehead atoms. The molecule has 4 heteroatoms. The largest absolute Gasteiger partial charge is 0.384 e. The third-order valence-electron chi connectivity index (χ3n) is 3.24. The van der Waals surface area contributed by atoms with Crippen molar-refractivity contribution in [1.29, 1.82) is 0 Å². The molecule has 21 heavy (non-hydrogen) atoms. The molecule has 1 unspecified atom stereocenters. The van der Waals surface area contributed by atoms with Crippen LogP contribution in [0.25, 0.3) is 0 Å². The lowest BCUT2D eigenvalue weighted by Gasteiger charge is -2.24. The van der Waals surface area contributed by atoms with Crippen molar-refractivity contribution in [1.82, 2.24) is 0 Å². The van der Waals surface area contributed by atoms with Gasteiger partial charge in [-0.25, -0.2) is 0 Å². The minimum Gasteiger partial charge on any atom is -0.384 e. The molecule has 0 aliphatic rings. The maximum absolute atomic E-state index is 11.0. The summed E-state index contributed by atoms with van der Waals surface area (Å²) >= 11 is 0. The van der Waals surface area contributed by atoms with Crippen molar-refractivity contribution in [2.45, 2.75) is 19.4 Å². The molecule has 4 nitrogen and oxygen atoms in total. The number of benzene rings is 2. The van der Waals surface area contributed by atoms with Crippen molar-refractivity contribution >= 4 is 17.3 Å². The average Bonchev–Trinajstić information content (AvgIpc) is 2.47. The zero-order chi connectivity index (χ0) is 15.3. The molecule has 1 amide bonds. The van der Waals surface area contributed by atoms with Crippen LogP contribution < -0.4 is 10.6 Å². The Kier molecular flexibility index (Phi) is 4.60. The molecule has 0 fully saturated rings. The van der Waals surface area contributed by atoms with Crippen molar-refractivity contribution in [2.24, 2.45) is 0 Å². The van der Waals surface area contributed by atoms with Crippen molar-refractivity contribution in [2.75, 3.05) is 17.2 Å². The van der Waals surface area contributed by atoms with Gasteiger partial charge in [-0.3, -0.25) is 4.79 Å². The van der Waals surface area contributed by atoms with Crippen LogP contribution >= 0.6 is 0 Å². The van der Waals surface area contributed by atoms with E-state index in [1.165, 1.54) is 6.92 Å². The number of hydrogen-bond acceptors (Lipinski definition) is 3. The molecule has 0 aromatic heterocycles. The molecule has 0 saturated carbocycles. The van der Waals surface area contributed by atoms with Gasteiger partial charge >= 0.3 is 0 Å². The van der Waals surface area contributed by atoms with E-state index in [0.29, 0.717) is 6.54 Å². The van der Waals surface area contributed by atoms with Gasteiger partial charge in [0.1, 0.15) is 5.60 Å². The second kappa shape index (κ2) is 6.41. The van der Waals surface area contributed by atoms with Crippen LogP contribution in [0.15, 0.2) is 54.6 Å². The Morgan fingerprint density at radius 2 is 1.62 bits per heavy atom. The van der Waals surface area contributed by atoms with Crippen molar-refractivity contribution in [3.63, 3.8) is 0 Å². The van der Waals surface area contributed by atoms with Crippen LogP contribution in [0, 0.1) is 0 Å². The zero-order valence-corrected chi connectivity index (χ0v) is 12.3. The van der Waals surface area contributed by atoms with E-state index in [9.17, 15) is 9.90 Å². The molecule has 0 heterocycles. The topological polar surface area (TPSA) is 61.4 Å². The fourth-order valence-corrected chi connectivity index (χ4v) is 2.05. The molecule has 110 valence electrons. The molecular weight excluding hydrogens is 264 g/mol. The van der Waals surface area contributed by atoms with E-state index in [1.54, 1.807) is 6.92 Å². The number of amides is 1. The normalized spacial score (nSPS) is 13.3. The molecular formula is C17H20N2O2. The SMILES string of the molecule is CC(=O)Nc1ccc(NCC(C)(O)c2ccccc2)cc1. The number of carbonyl (C=O) groups excluding carboxylic acids is 1. The van der Waals surface area contributed by atoms with Gasteiger partial charge in [0.25, 0.3) is 0 Å². The number of rotatable bonds is 5. The third-order valence-corrected chi connectivity index (χ3v) is 3.24. The minimum absolute atomic E-state index is 0.0947. The molecule has 2 aromatic carbocycles. The van der Waals surface area contributed by atoms with Gasteiger partial charge < -0.3 is 15.7 Å². The van der Waals surface area contributed by atoms with Crippen molar-refractivity contribution in [3.8, 4) is 0 Å². The maximum atomic E-state index is 11.0. The lowest BCUT2D eigenvalue weighted by molar-refractivity contribution is -0.114. The van der Waals surface area contributed by atoms with Crippen LogP contribution in [-0.2, 0) is 10.4 Å². The number of anilines is 2. The van der Waals surface area contributed by atoms with Gasteiger partial charge in [-0.2, -0.15) is 0 Å². The highest BCUT2D eigenvalue weighted by Gasteiger charge is 2.22. The predicted molar refractivity (Wildman–Crippen MR) is 85.2 cm³/mol.